The molecule has 7 heteroatoms. The molecule has 2 N–H and O–H groups in total. The summed E-state index contributed by atoms with van der Waals surface area (Å²) in [6, 6.07) is 0.480. The van der Waals surface area contributed by atoms with Gasteiger partial charge in [-0.25, -0.2) is 4.68 Å². The summed E-state index contributed by atoms with van der Waals surface area (Å²) in [4.78, 5) is 11.8. The first-order valence-electron chi connectivity index (χ1n) is 6.34. The van der Waals surface area contributed by atoms with Gasteiger partial charge in [-0.3, -0.25) is 4.79 Å². The lowest BCUT2D eigenvalue weighted by molar-refractivity contribution is -0.00355. The topological polar surface area (TPSA) is 81.1 Å². The van der Waals surface area contributed by atoms with Crippen LogP contribution in [0, 0.1) is 0 Å². The predicted octanol–water partition coefficient (Wildman–Crippen LogP) is -0.669. The fourth-order valence-corrected chi connectivity index (χ4v) is 2.21. The van der Waals surface area contributed by atoms with E-state index >= 15 is 0 Å². The molecule has 0 spiro atoms. The third-order valence-corrected chi connectivity index (χ3v) is 3.40. The summed E-state index contributed by atoms with van der Waals surface area (Å²) in [5, 5.41) is 14.2. The summed E-state index contributed by atoms with van der Waals surface area (Å²) in [5.41, 5.74) is 0.389. The van der Waals surface area contributed by atoms with Crippen LogP contribution in [0.1, 0.15) is 29.4 Å². The van der Waals surface area contributed by atoms with E-state index in [-0.39, 0.29) is 11.9 Å². The van der Waals surface area contributed by atoms with Crippen molar-refractivity contribution < 1.29 is 9.53 Å². The average Bonchev–Trinajstić information content (AvgIpc) is 2.84. The summed E-state index contributed by atoms with van der Waals surface area (Å²) >= 11 is 0. The third kappa shape index (κ3) is 2.37. The highest BCUT2D eigenvalue weighted by atomic mass is 16.5. The minimum atomic E-state index is -0.163. The van der Waals surface area contributed by atoms with Crippen LogP contribution in [0.4, 0.5) is 0 Å². The first kappa shape index (κ1) is 11.6. The number of amides is 1. The Kier molecular flexibility index (Phi) is 3.24. The van der Waals surface area contributed by atoms with Crippen molar-refractivity contribution in [3.05, 3.63) is 11.9 Å². The zero-order valence-electron chi connectivity index (χ0n) is 10.1. The van der Waals surface area contributed by atoms with Crippen molar-refractivity contribution >= 4 is 5.91 Å². The first-order valence-corrected chi connectivity index (χ1v) is 6.34. The highest BCUT2D eigenvalue weighted by Crippen LogP contribution is 2.17. The average molecular weight is 251 g/mol. The van der Waals surface area contributed by atoms with E-state index in [4.69, 9.17) is 4.74 Å². The minimum absolute atomic E-state index is 0.126. The molecule has 2 saturated heterocycles. The Balaban J connectivity index is 1.62. The van der Waals surface area contributed by atoms with Gasteiger partial charge < -0.3 is 15.4 Å². The second-order valence-electron chi connectivity index (χ2n) is 4.77. The molecular weight excluding hydrogens is 234 g/mol. The molecule has 0 atom stereocenters. The maximum atomic E-state index is 11.8. The summed E-state index contributed by atoms with van der Waals surface area (Å²) in [6.07, 6.45) is 3.80. The minimum Gasteiger partial charge on any atom is -0.377 e. The number of carbonyl (C=O) groups is 1. The van der Waals surface area contributed by atoms with Gasteiger partial charge >= 0.3 is 0 Å². The van der Waals surface area contributed by atoms with E-state index in [1.54, 1.807) is 6.20 Å². The lowest BCUT2D eigenvalue weighted by atomic mass is 10.1. The molecule has 2 aliphatic heterocycles. The quantitative estimate of drug-likeness (QED) is 0.744. The van der Waals surface area contributed by atoms with E-state index in [9.17, 15) is 4.79 Å². The number of aromatic nitrogens is 3. The first-order chi connectivity index (χ1) is 8.83. The Morgan fingerprint density at radius 3 is 2.89 bits per heavy atom. The lowest BCUT2D eigenvalue weighted by Crippen LogP contribution is -2.48. The molecule has 2 fully saturated rings. The van der Waals surface area contributed by atoms with Gasteiger partial charge in [0.1, 0.15) is 0 Å². The number of ether oxygens (including phenoxy) is 1. The molecule has 3 heterocycles. The summed E-state index contributed by atoms with van der Waals surface area (Å²) in [5.74, 6) is -0.163. The second kappa shape index (κ2) is 5.03. The molecule has 0 aromatic carbocycles. The molecule has 1 aromatic heterocycles. The van der Waals surface area contributed by atoms with Crippen molar-refractivity contribution in [2.75, 3.05) is 26.3 Å². The van der Waals surface area contributed by atoms with Crippen molar-refractivity contribution in [2.24, 2.45) is 0 Å². The fraction of sp³-hybridized carbons (Fsp3) is 0.727. The van der Waals surface area contributed by atoms with Gasteiger partial charge in [-0.05, 0) is 25.9 Å². The Labute approximate surface area is 105 Å². The van der Waals surface area contributed by atoms with Crippen LogP contribution in [0.3, 0.4) is 0 Å². The molecule has 0 bridgehead atoms. The van der Waals surface area contributed by atoms with Gasteiger partial charge in [0.25, 0.3) is 5.91 Å². The fourth-order valence-electron chi connectivity index (χ4n) is 2.21. The van der Waals surface area contributed by atoms with E-state index < -0.39 is 0 Å². The van der Waals surface area contributed by atoms with Crippen molar-refractivity contribution in [3.8, 4) is 0 Å². The maximum absolute atomic E-state index is 11.8. The van der Waals surface area contributed by atoms with Crippen molar-refractivity contribution in [2.45, 2.75) is 24.9 Å². The molecule has 3 rings (SSSR count). The van der Waals surface area contributed by atoms with Crippen LogP contribution in [0.2, 0.25) is 0 Å². The SMILES string of the molecule is O=C(NC1COC1)c1cn(C2CCNCC2)nn1. The highest BCUT2D eigenvalue weighted by Gasteiger charge is 2.23. The predicted molar refractivity (Wildman–Crippen MR) is 63.2 cm³/mol. The van der Waals surface area contributed by atoms with E-state index in [0.717, 1.165) is 25.9 Å². The maximum Gasteiger partial charge on any atom is 0.273 e. The van der Waals surface area contributed by atoms with Crippen molar-refractivity contribution in [1.29, 1.82) is 0 Å². The number of carbonyl (C=O) groups excluding carboxylic acids is 1. The van der Waals surface area contributed by atoms with Crippen LogP contribution in [0.15, 0.2) is 6.20 Å². The number of rotatable bonds is 3. The molecule has 0 aliphatic carbocycles. The van der Waals surface area contributed by atoms with E-state index in [1.165, 1.54) is 0 Å². The number of nitrogens with one attached hydrogen (secondary N) is 2. The van der Waals surface area contributed by atoms with Gasteiger partial charge in [0.2, 0.25) is 0 Å². The zero-order valence-corrected chi connectivity index (χ0v) is 10.1. The zero-order chi connectivity index (χ0) is 12.4. The lowest BCUT2D eigenvalue weighted by Gasteiger charge is -2.26. The summed E-state index contributed by atoms with van der Waals surface area (Å²) in [6.45, 7) is 3.17. The molecule has 2 aliphatic rings. The van der Waals surface area contributed by atoms with E-state index in [2.05, 4.69) is 20.9 Å². The normalized spacial score (nSPS) is 21.6. The summed E-state index contributed by atoms with van der Waals surface area (Å²) in [7, 11) is 0. The van der Waals surface area contributed by atoms with Crippen LogP contribution in [-0.2, 0) is 4.74 Å². The van der Waals surface area contributed by atoms with Crippen LogP contribution in [0.25, 0.3) is 0 Å². The number of hydrogen-bond acceptors (Lipinski definition) is 5. The number of nitrogens with zero attached hydrogens (tertiary/aromatic N) is 3. The molecule has 98 valence electrons. The molecule has 1 amide bonds. The van der Waals surface area contributed by atoms with Crippen LogP contribution in [-0.4, -0.2) is 53.2 Å². The molecule has 0 unspecified atom stereocenters. The monoisotopic (exact) mass is 251 g/mol. The molecule has 7 nitrogen and oxygen atoms in total. The van der Waals surface area contributed by atoms with E-state index in [1.807, 2.05) is 4.68 Å². The molecular formula is C11H17N5O2. The Morgan fingerprint density at radius 1 is 1.44 bits per heavy atom. The molecule has 0 radical (unpaired) electrons. The Hall–Kier alpha value is -1.47. The molecule has 1 aromatic rings. The van der Waals surface area contributed by atoms with Crippen LogP contribution >= 0.6 is 0 Å². The largest absolute Gasteiger partial charge is 0.377 e. The van der Waals surface area contributed by atoms with Gasteiger partial charge in [-0.1, -0.05) is 5.21 Å². The van der Waals surface area contributed by atoms with Crippen molar-refractivity contribution in [3.63, 3.8) is 0 Å². The Bertz CT molecular complexity index is 423. The van der Waals surface area contributed by atoms with Gasteiger partial charge in [0.15, 0.2) is 5.69 Å². The number of hydrogen-bond donors (Lipinski definition) is 2. The van der Waals surface area contributed by atoms with Gasteiger partial charge in [-0.2, -0.15) is 0 Å². The van der Waals surface area contributed by atoms with Gasteiger partial charge in [0.05, 0.1) is 31.5 Å². The van der Waals surface area contributed by atoms with Crippen molar-refractivity contribution in [1.82, 2.24) is 25.6 Å². The smallest absolute Gasteiger partial charge is 0.273 e. The number of piperidine rings is 1. The third-order valence-electron chi connectivity index (χ3n) is 3.40. The van der Waals surface area contributed by atoms with Gasteiger partial charge in [-0.15, -0.1) is 5.10 Å². The van der Waals surface area contributed by atoms with Crippen LogP contribution in [0.5, 0.6) is 0 Å². The standard InChI is InChI=1S/C11H17N5O2/c17-11(13-8-6-18-7-8)10-5-16(15-14-10)9-1-3-12-4-2-9/h5,8-9,12H,1-4,6-7H2,(H,13,17). The molecule has 18 heavy (non-hydrogen) atoms. The van der Waals surface area contributed by atoms with Gasteiger partial charge in [0, 0.05) is 0 Å². The Morgan fingerprint density at radius 2 is 2.22 bits per heavy atom. The van der Waals surface area contributed by atoms with Crippen LogP contribution < -0.4 is 10.6 Å². The summed E-state index contributed by atoms with van der Waals surface area (Å²) < 4.78 is 6.82. The highest BCUT2D eigenvalue weighted by molar-refractivity contribution is 5.92. The van der Waals surface area contributed by atoms with E-state index in [0.29, 0.717) is 24.9 Å². The second-order valence-corrected chi connectivity index (χ2v) is 4.77. The molecule has 0 saturated carbocycles.